The van der Waals surface area contributed by atoms with Crippen LogP contribution in [0.1, 0.15) is 13.8 Å². The first-order valence-electron chi connectivity index (χ1n) is 3.89. The van der Waals surface area contributed by atoms with E-state index in [1.54, 1.807) is 26.0 Å². The Morgan fingerprint density at radius 2 is 2.00 bits per heavy atom. The zero-order valence-electron chi connectivity index (χ0n) is 7.30. The van der Waals surface area contributed by atoms with E-state index in [0.717, 1.165) is 0 Å². The van der Waals surface area contributed by atoms with Crippen molar-refractivity contribution in [1.29, 1.82) is 0 Å². The second-order valence-electron chi connectivity index (χ2n) is 3.33. The SMILES string of the molecule is CC1(C)Oc2ccc(Br)c(O)c2O1. The summed E-state index contributed by atoms with van der Waals surface area (Å²) in [7, 11) is 0. The Kier molecular flexibility index (Phi) is 1.70. The second-order valence-corrected chi connectivity index (χ2v) is 4.18. The van der Waals surface area contributed by atoms with Crippen LogP contribution in [0.2, 0.25) is 0 Å². The highest BCUT2D eigenvalue weighted by atomic mass is 79.9. The lowest BCUT2D eigenvalue weighted by molar-refractivity contribution is -0.0439. The number of ether oxygens (including phenoxy) is 2. The first-order valence-corrected chi connectivity index (χ1v) is 4.68. The molecule has 0 spiro atoms. The van der Waals surface area contributed by atoms with Crippen LogP contribution < -0.4 is 9.47 Å². The van der Waals surface area contributed by atoms with Crippen molar-refractivity contribution < 1.29 is 14.6 Å². The third-order valence-corrected chi connectivity index (χ3v) is 2.39. The summed E-state index contributed by atoms with van der Waals surface area (Å²) in [6, 6.07) is 3.48. The molecule has 0 atom stereocenters. The number of fused-ring (bicyclic) bond motifs is 1. The summed E-state index contributed by atoms with van der Waals surface area (Å²) < 4.78 is 11.4. The molecule has 0 saturated carbocycles. The summed E-state index contributed by atoms with van der Waals surface area (Å²) in [4.78, 5) is 0. The van der Waals surface area contributed by atoms with Gasteiger partial charge in [0.05, 0.1) is 4.47 Å². The molecule has 0 saturated heterocycles. The second kappa shape index (κ2) is 2.54. The number of rotatable bonds is 0. The van der Waals surface area contributed by atoms with Gasteiger partial charge in [-0.3, -0.25) is 0 Å². The van der Waals surface area contributed by atoms with Gasteiger partial charge < -0.3 is 14.6 Å². The Balaban J connectivity index is 2.53. The summed E-state index contributed by atoms with van der Waals surface area (Å²) in [5.74, 6) is 0.369. The van der Waals surface area contributed by atoms with Crippen molar-refractivity contribution in [2.24, 2.45) is 0 Å². The molecule has 0 bridgehead atoms. The van der Waals surface area contributed by atoms with E-state index in [1.807, 2.05) is 0 Å². The van der Waals surface area contributed by atoms with Gasteiger partial charge in [0.15, 0.2) is 11.5 Å². The molecule has 0 radical (unpaired) electrons. The number of hydrogen-bond acceptors (Lipinski definition) is 3. The summed E-state index contributed by atoms with van der Waals surface area (Å²) in [6.07, 6.45) is 0. The van der Waals surface area contributed by atoms with Crippen molar-refractivity contribution in [1.82, 2.24) is 0 Å². The zero-order chi connectivity index (χ0) is 9.64. The van der Waals surface area contributed by atoms with Gasteiger partial charge in [0, 0.05) is 13.8 Å². The molecule has 1 aromatic rings. The molecule has 3 nitrogen and oxygen atoms in total. The van der Waals surface area contributed by atoms with E-state index in [1.165, 1.54) is 0 Å². The monoisotopic (exact) mass is 244 g/mol. The van der Waals surface area contributed by atoms with Crippen LogP contribution in [0, 0.1) is 0 Å². The Hall–Kier alpha value is -0.900. The van der Waals surface area contributed by atoms with Gasteiger partial charge in [0.1, 0.15) is 0 Å². The predicted octanol–water partition coefficient (Wildman–Crippen LogP) is 2.66. The molecular formula is C9H9BrO3. The molecule has 1 aromatic carbocycles. The first kappa shape index (κ1) is 8.69. The van der Waals surface area contributed by atoms with Crippen molar-refractivity contribution in [3.63, 3.8) is 0 Å². The van der Waals surface area contributed by atoms with Gasteiger partial charge in [0.25, 0.3) is 0 Å². The molecule has 0 unspecified atom stereocenters. The standard InChI is InChI=1S/C9H9BrO3/c1-9(2)12-6-4-3-5(10)7(11)8(6)13-9/h3-4,11H,1-2H3. The fraction of sp³-hybridized carbons (Fsp3) is 0.333. The van der Waals surface area contributed by atoms with Crippen LogP contribution in [0.4, 0.5) is 0 Å². The summed E-state index contributed by atoms with van der Waals surface area (Å²) >= 11 is 3.20. The molecule has 1 N–H and O–H groups in total. The fourth-order valence-electron chi connectivity index (χ4n) is 1.24. The summed E-state index contributed by atoms with van der Waals surface area (Å²) in [5.41, 5.74) is 0. The molecule has 1 heterocycles. The highest BCUT2D eigenvalue weighted by Gasteiger charge is 2.34. The fourth-order valence-corrected chi connectivity index (χ4v) is 1.55. The van der Waals surface area contributed by atoms with E-state index < -0.39 is 5.79 Å². The number of phenolic OH excluding ortho intramolecular Hbond substituents is 1. The van der Waals surface area contributed by atoms with Gasteiger partial charge in [-0.2, -0.15) is 0 Å². The van der Waals surface area contributed by atoms with Gasteiger partial charge in [0.2, 0.25) is 11.5 Å². The van der Waals surface area contributed by atoms with Gasteiger partial charge in [-0.15, -0.1) is 0 Å². The minimum Gasteiger partial charge on any atom is -0.503 e. The van der Waals surface area contributed by atoms with Crippen LogP contribution in [-0.2, 0) is 0 Å². The topological polar surface area (TPSA) is 38.7 Å². The minimum atomic E-state index is -0.694. The normalized spacial score (nSPS) is 17.5. The maximum Gasteiger partial charge on any atom is 0.246 e. The van der Waals surface area contributed by atoms with E-state index in [4.69, 9.17) is 9.47 Å². The third-order valence-electron chi connectivity index (χ3n) is 1.75. The van der Waals surface area contributed by atoms with E-state index in [9.17, 15) is 5.11 Å². The number of benzene rings is 1. The van der Waals surface area contributed by atoms with Crippen molar-refractivity contribution >= 4 is 15.9 Å². The molecule has 2 rings (SSSR count). The summed E-state index contributed by atoms with van der Waals surface area (Å²) in [6.45, 7) is 3.58. The van der Waals surface area contributed by atoms with Gasteiger partial charge in [-0.25, -0.2) is 0 Å². The lowest BCUT2D eigenvalue weighted by Crippen LogP contribution is -2.29. The minimum absolute atomic E-state index is 0.0862. The van der Waals surface area contributed by atoms with Crippen molar-refractivity contribution in [2.75, 3.05) is 0 Å². The van der Waals surface area contributed by atoms with Crippen LogP contribution >= 0.6 is 15.9 Å². The molecule has 0 fully saturated rings. The van der Waals surface area contributed by atoms with Gasteiger partial charge in [-0.05, 0) is 28.1 Å². The quantitative estimate of drug-likeness (QED) is 0.763. The highest BCUT2D eigenvalue weighted by Crippen LogP contribution is 2.48. The molecule has 0 aliphatic carbocycles. The highest BCUT2D eigenvalue weighted by molar-refractivity contribution is 9.10. The average molecular weight is 245 g/mol. The molecule has 1 aliphatic heterocycles. The van der Waals surface area contributed by atoms with Crippen LogP contribution in [0.25, 0.3) is 0 Å². The van der Waals surface area contributed by atoms with E-state index in [-0.39, 0.29) is 5.75 Å². The Labute approximate surface area is 84.4 Å². The van der Waals surface area contributed by atoms with E-state index in [2.05, 4.69) is 15.9 Å². The zero-order valence-corrected chi connectivity index (χ0v) is 8.88. The van der Waals surface area contributed by atoms with Crippen LogP contribution in [0.15, 0.2) is 16.6 Å². The molecule has 70 valence electrons. The van der Waals surface area contributed by atoms with Gasteiger partial charge in [-0.1, -0.05) is 0 Å². The molecule has 0 aromatic heterocycles. The summed E-state index contributed by atoms with van der Waals surface area (Å²) in [5, 5.41) is 9.60. The third kappa shape index (κ3) is 1.35. The largest absolute Gasteiger partial charge is 0.503 e. The average Bonchev–Trinajstić information content (AvgIpc) is 2.34. The lowest BCUT2D eigenvalue weighted by atomic mass is 10.3. The molecule has 4 heteroatoms. The maximum atomic E-state index is 9.60. The molecule has 0 amide bonds. The van der Waals surface area contributed by atoms with Gasteiger partial charge >= 0.3 is 0 Å². The Morgan fingerprint density at radius 1 is 1.31 bits per heavy atom. The first-order chi connectivity index (χ1) is 5.99. The molecular weight excluding hydrogens is 236 g/mol. The predicted molar refractivity (Wildman–Crippen MR) is 51.1 cm³/mol. The van der Waals surface area contributed by atoms with Crippen molar-refractivity contribution in [3.8, 4) is 17.2 Å². The molecule has 13 heavy (non-hydrogen) atoms. The van der Waals surface area contributed by atoms with Crippen LogP contribution in [0.5, 0.6) is 17.2 Å². The Bertz CT molecular complexity index is 360. The van der Waals surface area contributed by atoms with Crippen LogP contribution in [-0.4, -0.2) is 10.9 Å². The number of aromatic hydroxyl groups is 1. The van der Waals surface area contributed by atoms with E-state index >= 15 is 0 Å². The van der Waals surface area contributed by atoms with Crippen molar-refractivity contribution in [2.45, 2.75) is 19.6 Å². The lowest BCUT2D eigenvalue weighted by Gasteiger charge is -2.16. The molecule has 1 aliphatic rings. The van der Waals surface area contributed by atoms with E-state index in [0.29, 0.717) is 16.0 Å². The van der Waals surface area contributed by atoms with Crippen LogP contribution in [0.3, 0.4) is 0 Å². The number of phenols is 1. The number of halogens is 1. The van der Waals surface area contributed by atoms with Crippen molar-refractivity contribution in [3.05, 3.63) is 16.6 Å². The number of hydrogen-bond donors (Lipinski definition) is 1. The smallest absolute Gasteiger partial charge is 0.246 e. The maximum absolute atomic E-state index is 9.60. The Morgan fingerprint density at radius 3 is 2.69 bits per heavy atom.